The van der Waals surface area contributed by atoms with Gasteiger partial charge in [0.2, 0.25) is 0 Å². The summed E-state index contributed by atoms with van der Waals surface area (Å²) in [4.78, 5) is 0. The van der Waals surface area contributed by atoms with Crippen molar-refractivity contribution in [2.75, 3.05) is 6.61 Å². The molecule has 15 heavy (non-hydrogen) atoms. The summed E-state index contributed by atoms with van der Waals surface area (Å²) in [5, 5.41) is 2.63. The van der Waals surface area contributed by atoms with Crippen molar-refractivity contribution in [3.63, 3.8) is 0 Å². The second kappa shape index (κ2) is 3.13. The minimum Gasteiger partial charge on any atom is -0.486 e. The molecule has 3 rings (SSSR count). The van der Waals surface area contributed by atoms with Crippen LogP contribution in [0, 0.1) is 6.92 Å². The van der Waals surface area contributed by atoms with Crippen LogP contribution in [0.4, 0.5) is 0 Å². The van der Waals surface area contributed by atoms with E-state index in [4.69, 9.17) is 4.74 Å². The molecular formula is C14H12O. The van der Waals surface area contributed by atoms with Crippen molar-refractivity contribution in [2.45, 2.75) is 6.92 Å². The van der Waals surface area contributed by atoms with Gasteiger partial charge in [0.15, 0.2) is 0 Å². The topological polar surface area (TPSA) is 12.5 Å². The summed E-state index contributed by atoms with van der Waals surface area (Å²) in [6, 6.07) is 12.8. The summed E-state index contributed by atoms with van der Waals surface area (Å²) < 4.78 is 5.15. The number of hydrogen-bond acceptors (Lipinski definition) is 1. The summed E-state index contributed by atoms with van der Waals surface area (Å²) in [5.41, 5.74) is 2.58. The fourth-order valence-electron chi connectivity index (χ4n) is 1.90. The number of fused-ring (bicyclic) bond motifs is 1. The first-order chi connectivity index (χ1) is 7.34. The molecule has 74 valence electrons. The van der Waals surface area contributed by atoms with Gasteiger partial charge in [0.25, 0.3) is 0 Å². The molecule has 0 aromatic heterocycles. The third-order valence-corrected chi connectivity index (χ3v) is 2.80. The quantitative estimate of drug-likeness (QED) is 0.636. The van der Waals surface area contributed by atoms with E-state index in [9.17, 15) is 0 Å². The standard InChI is InChI=1S/C14H12O/c1-10-6-7-11(8-12-9-15-12)14-5-3-2-4-13(10)14/h2-8H,9H2,1H3/b12-8+. The smallest absolute Gasteiger partial charge is 0.145 e. The van der Waals surface area contributed by atoms with Crippen molar-refractivity contribution in [2.24, 2.45) is 0 Å². The molecule has 2 aromatic rings. The Morgan fingerprint density at radius 2 is 1.80 bits per heavy atom. The fraction of sp³-hybridized carbons (Fsp3) is 0.143. The van der Waals surface area contributed by atoms with Crippen LogP contribution in [-0.2, 0) is 4.74 Å². The maximum atomic E-state index is 5.15. The van der Waals surface area contributed by atoms with Crippen LogP contribution < -0.4 is 0 Å². The molecule has 0 amide bonds. The van der Waals surface area contributed by atoms with Gasteiger partial charge in [0.05, 0.1) is 0 Å². The normalized spacial score (nSPS) is 16.7. The SMILES string of the molecule is Cc1ccc(/C=C2\CO2)c2ccccc12. The van der Waals surface area contributed by atoms with Crippen LogP contribution in [0.5, 0.6) is 0 Å². The van der Waals surface area contributed by atoms with E-state index in [1.807, 2.05) is 0 Å². The van der Waals surface area contributed by atoms with E-state index >= 15 is 0 Å². The second-order valence-corrected chi connectivity index (χ2v) is 3.92. The van der Waals surface area contributed by atoms with Crippen LogP contribution in [0.2, 0.25) is 0 Å². The van der Waals surface area contributed by atoms with Crippen LogP contribution in [0.3, 0.4) is 0 Å². The predicted molar refractivity (Wildman–Crippen MR) is 62.6 cm³/mol. The van der Waals surface area contributed by atoms with Gasteiger partial charge in [-0.15, -0.1) is 0 Å². The molecule has 1 heteroatoms. The van der Waals surface area contributed by atoms with Gasteiger partial charge in [-0.05, 0) is 34.9 Å². The van der Waals surface area contributed by atoms with E-state index in [0.29, 0.717) is 0 Å². The minimum atomic E-state index is 0.794. The van der Waals surface area contributed by atoms with Crippen molar-refractivity contribution >= 4 is 16.8 Å². The molecule has 0 aliphatic carbocycles. The van der Waals surface area contributed by atoms with Gasteiger partial charge < -0.3 is 4.74 Å². The molecule has 0 radical (unpaired) electrons. The van der Waals surface area contributed by atoms with E-state index in [1.165, 1.54) is 21.9 Å². The van der Waals surface area contributed by atoms with E-state index in [2.05, 4.69) is 49.4 Å². The Balaban J connectivity index is 2.30. The molecule has 2 aromatic carbocycles. The molecule has 0 N–H and O–H groups in total. The summed E-state index contributed by atoms with van der Waals surface area (Å²) in [5.74, 6) is 1.09. The minimum absolute atomic E-state index is 0.794. The third-order valence-electron chi connectivity index (χ3n) is 2.80. The Labute approximate surface area is 89.0 Å². The lowest BCUT2D eigenvalue weighted by Gasteiger charge is -2.04. The van der Waals surface area contributed by atoms with Crippen LogP contribution in [0.25, 0.3) is 16.8 Å². The number of epoxide rings is 1. The van der Waals surface area contributed by atoms with Crippen molar-refractivity contribution in [1.82, 2.24) is 0 Å². The zero-order chi connectivity index (χ0) is 10.3. The molecular weight excluding hydrogens is 184 g/mol. The first-order valence-electron chi connectivity index (χ1n) is 5.16. The van der Waals surface area contributed by atoms with Crippen molar-refractivity contribution in [3.05, 3.63) is 53.3 Å². The average Bonchev–Trinajstić information content (AvgIpc) is 3.07. The van der Waals surface area contributed by atoms with E-state index < -0.39 is 0 Å². The number of rotatable bonds is 1. The van der Waals surface area contributed by atoms with E-state index in [0.717, 1.165) is 12.4 Å². The molecule has 0 unspecified atom stereocenters. The zero-order valence-corrected chi connectivity index (χ0v) is 8.66. The van der Waals surface area contributed by atoms with Crippen LogP contribution in [-0.4, -0.2) is 6.61 Å². The Kier molecular flexibility index (Phi) is 1.78. The lowest BCUT2D eigenvalue weighted by atomic mass is 10.0. The summed E-state index contributed by atoms with van der Waals surface area (Å²) in [6.45, 7) is 2.94. The van der Waals surface area contributed by atoms with Crippen LogP contribution >= 0.6 is 0 Å². The maximum Gasteiger partial charge on any atom is 0.145 e. The van der Waals surface area contributed by atoms with E-state index in [-0.39, 0.29) is 0 Å². The molecule has 0 bridgehead atoms. The largest absolute Gasteiger partial charge is 0.486 e. The van der Waals surface area contributed by atoms with Gasteiger partial charge in [0, 0.05) is 0 Å². The molecule has 1 aliphatic rings. The highest BCUT2D eigenvalue weighted by Gasteiger charge is 2.13. The molecule has 1 nitrogen and oxygen atoms in total. The molecule has 1 heterocycles. The Bertz CT molecular complexity index is 546. The van der Waals surface area contributed by atoms with Gasteiger partial charge in [-0.2, -0.15) is 0 Å². The van der Waals surface area contributed by atoms with Gasteiger partial charge in [-0.1, -0.05) is 36.4 Å². The Morgan fingerprint density at radius 3 is 2.53 bits per heavy atom. The maximum absolute atomic E-state index is 5.15. The number of aryl methyl sites for hydroxylation is 1. The Hall–Kier alpha value is -1.76. The van der Waals surface area contributed by atoms with Gasteiger partial charge in [-0.3, -0.25) is 0 Å². The lowest BCUT2D eigenvalue weighted by molar-refractivity contribution is 0.512. The highest BCUT2D eigenvalue weighted by Crippen LogP contribution is 2.26. The lowest BCUT2D eigenvalue weighted by Crippen LogP contribution is -1.82. The molecule has 0 spiro atoms. The van der Waals surface area contributed by atoms with Gasteiger partial charge in [0.1, 0.15) is 12.4 Å². The molecule has 1 saturated heterocycles. The molecule has 1 aliphatic heterocycles. The highest BCUT2D eigenvalue weighted by atomic mass is 16.6. The predicted octanol–water partition coefficient (Wildman–Crippen LogP) is 3.52. The third kappa shape index (κ3) is 1.50. The Morgan fingerprint density at radius 1 is 1.07 bits per heavy atom. The van der Waals surface area contributed by atoms with Crippen molar-refractivity contribution < 1.29 is 4.74 Å². The molecule has 0 atom stereocenters. The second-order valence-electron chi connectivity index (χ2n) is 3.92. The average molecular weight is 196 g/mol. The number of benzene rings is 2. The highest BCUT2D eigenvalue weighted by molar-refractivity contribution is 5.93. The number of ether oxygens (including phenoxy) is 1. The fourth-order valence-corrected chi connectivity index (χ4v) is 1.90. The molecule has 0 saturated carbocycles. The van der Waals surface area contributed by atoms with Gasteiger partial charge in [-0.25, -0.2) is 0 Å². The van der Waals surface area contributed by atoms with E-state index in [1.54, 1.807) is 0 Å². The van der Waals surface area contributed by atoms with Gasteiger partial charge >= 0.3 is 0 Å². The summed E-state index contributed by atoms with van der Waals surface area (Å²) in [7, 11) is 0. The first kappa shape index (κ1) is 8.54. The van der Waals surface area contributed by atoms with Crippen molar-refractivity contribution in [1.29, 1.82) is 0 Å². The first-order valence-corrected chi connectivity index (χ1v) is 5.16. The molecule has 1 fully saturated rings. The zero-order valence-electron chi connectivity index (χ0n) is 8.66. The monoisotopic (exact) mass is 196 g/mol. The summed E-state index contributed by atoms with van der Waals surface area (Å²) in [6.07, 6.45) is 2.13. The summed E-state index contributed by atoms with van der Waals surface area (Å²) >= 11 is 0. The van der Waals surface area contributed by atoms with Crippen LogP contribution in [0.15, 0.2) is 42.2 Å². The van der Waals surface area contributed by atoms with Crippen molar-refractivity contribution in [3.8, 4) is 0 Å². The van der Waals surface area contributed by atoms with Crippen LogP contribution in [0.1, 0.15) is 11.1 Å². The number of hydrogen-bond donors (Lipinski definition) is 0.